The lowest BCUT2D eigenvalue weighted by molar-refractivity contribution is 0.0994. The Morgan fingerprint density at radius 2 is 1.60 bits per heavy atom. The second-order valence-electron chi connectivity index (χ2n) is 5.24. The van der Waals surface area contributed by atoms with Crippen LogP contribution in [0.25, 0.3) is 0 Å². The third-order valence-electron chi connectivity index (χ3n) is 3.50. The molecule has 0 aliphatic carbocycles. The molecule has 2 aromatic carbocycles. The topological polar surface area (TPSA) is 17.1 Å². The fraction of sp³-hybridized carbons (Fsp3) is 0.278. The zero-order valence-corrected chi connectivity index (χ0v) is 13.3. The number of hydrogen-bond donors (Lipinski definition) is 0. The van der Waals surface area contributed by atoms with Gasteiger partial charge in [0, 0.05) is 10.5 Å². The Morgan fingerprint density at radius 1 is 0.950 bits per heavy atom. The van der Waals surface area contributed by atoms with Gasteiger partial charge in [-0.15, -0.1) is 11.8 Å². The predicted molar refractivity (Wildman–Crippen MR) is 86.7 cm³/mol. The number of benzene rings is 2. The van der Waals surface area contributed by atoms with E-state index in [0.29, 0.717) is 0 Å². The molecule has 2 aromatic rings. The van der Waals surface area contributed by atoms with Crippen LogP contribution in [0.1, 0.15) is 34.0 Å². The smallest absolute Gasteiger partial charge is 0.175 e. The highest BCUT2D eigenvalue weighted by Gasteiger charge is 2.16. The summed E-state index contributed by atoms with van der Waals surface area (Å²) < 4.78 is 0. The van der Waals surface area contributed by atoms with Gasteiger partial charge in [0.2, 0.25) is 0 Å². The van der Waals surface area contributed by atoms with E-state index in [1.165, 1.54) is 16.7 Å². The van der Waals surface area contributed by atoms with Crippen LogP contribution >= 0.6 is 11.8 Å². The van der Waals surface area contributed by atoms with E-state index in [1.54, 1.807) is 11.8 Å². The largest absolute Gasteiger partial charge is 0.293 e. The Balaban J connectivity index is 2.11. The van der Waals surface area contributed by atoms with Crippen molar-refractivity contribution in [2.24, 2.45) is 0 Å². The first-order chi connectivity index (χ1) is 9.47. The van der Waals surface area contributed by atoms with Crippen molar-refractivity contribution >= 4 is 17.5 Å². The molecule has 0 aliphatic heterocycles. The third-order valence-corrected chi connectivity index (χ3v) is 4.59. The summed E-state index contributed by atoms with van der Waals surface area (Å²) in [6.07, 6.45) is 0. The van der Waals surface area contributed by atoms with Gasteiger partial charge in [0.25, 0.3) is 0 Å². The Kier molecular flexibility index (Phi) is 4.66. The molecule has 0 saturated carbocycles. The average Bonchev–Trinajstić information content (AvgIpc) is 2.43. The lowest BCUT2D eigenvalue weighted by Gasteiger charge is -2.12. The normalized spacial score (nSPS) is 12.2. The van der Waals surface area contributed by atoms with E-state index in [9.17, 15) is 4.79 Å². The van der Waals surface area contributed by atoms with Crippen molar-refractivity contribution in [3.8, 4) is 0 Å². The molecule has 1 unspecified atom stereocenters. The zero-order valence-electron chi connectivity index (χ0n) is 12.4. The zero-order chi connectivity index (χ0) is 14.7. The van der Waals surface area contributed by atoms with Crippen molar-refractivity contribution in [2.75, 3.05) is 0 Å². The van der Waals surface area contributed by atoms with Crippen molar-refractivity contribution in [2.45, 2.75) is 37.8 Å². The van der Waals surface area contributed by atoms with Gasteiger partial charge in [-0.1, -0.05) is 35.9 Å². The van der Waals surface area contributed by atoms with Crippen molar-refractivity contribution in [1.82, 2.24) is 0 Å². The lowest BCUT2D eigenvalue weighted by atomic mass is 10.1. The van der Waals surface area contributed by atoms with Gasteiger partial charge in [-0.2, -0.15) is 0 Å². The molecule has 1 atom stereocenters. The molecule has 1 nitrogen and oxygen atoms in total. The summed E-state index contributed by atoms with van der Waals surface area (Å²) in [5.74, 6) is 0.188. The third kappa shape index (κ3) is 3.51. The number of hydrogen-bond acceptors (Lipinski definition) is 2. The molecule has 0 spiro atoms. The summed E-state index contributed by atoms with van der Waals surface area (Å²) in [4.78, 5) is 13.5. The minimum atomic E-state index is -0.0696. The van der Waals surface area contributed by atoms with Crippen molar-refractivity contribution in [1.29, 1.82) is 0 Å². The van der Waals surface area contributed by atoms with Gasteiger partial charge in [-0.3, -0.25) is 4.79 Å². The van der Waals surface area contributed by atoms with Crippen molar-refractivity contribution < 1.29 is 4.79 Å². The van der Waals surface area contributed by atoms with Crippen LogP contribution in [0.2, 0.25) is 0 Å². The summed E-state index contributed by atoms with van der Waals surface area (Å²) in [6.45, 7) is 8.21. The fourth-order valence-electron chi connectivity index (χ4n) is 2.00. The number of thioether (sulfide) groups is 1. The van der Waals surface area contributed by atoms with Crippen LogP contribution in [0, 0.1) is 20.8 Å². The van der Waals surface area contributed by atoms with Crippen LogP contribution in [0.4, 0.5) is 0 Å². The Morgan fingerprint density at radius 3 is 2.20 bits per heavy atom. The van der Waals surface area contributed by atoms with Crippen LogP contribution in [0.3, 0.4) is 0 Å². The van der Waals surface area contributed by atoms with Gasteiger partial charge in [-0.05, 0) is 51.0 Å². The summed E-state index contributed by atoms with van der Waals surface area (Å²) >= 11 is 1.62. The van der Waals surface area contributed by atoms with E-state index >= 15 is 0 Å². The molecule has 0 radical (unpaired) electrons. The van der Waals surface area contributed by atoms with E-state index in [1.807, 2.05) is 38.1 Å². The number of rotatable bonds is 4. The molecule has 2 heteroatoms. The molecule has 0 bridgehead atoms. The van der Waals surface area contributed by atoms with Gasteiger partial charge < -0.3 is 0 Å². The highest BCUT2D eigenvalue weighted by Crippen LogP contribution is 2.27. The van der Waals surface area contributed by atoms with Gasteiger partial charge >= 0.3 is 0 Å². The Labute approximate surface area is 125 Å². The number of carbonyl (C=O) groups is 1. The number of aryl methyl sites for hydroxylation is 3. The van der Waals surface area contributed by atoms with Gasteiger partial charge in [-0.25, -0.2) is 0 Å². The SMILES string of the molecule is Cc1ccc(C(=O)C(C)Sc2ccc(C)c(C)c2)cc1. The van der Waals surface area contributed by atoms with Crippen LogP contribution < -0.4 is 0 Å². The second-order valence-corrected chi connectivity index (χ2v) is 6.65. The molecular weight excluding hydrogens is 264 g/mol. The maximum atomic E-state index is 12.4. The number of Topliss-reactive ketones (excluding diaryl/α,β-unsaturated/α-hetero) is 1. The van der Waals surface area contributed by atoms with Crippen LogP contribution in [0.5, 0.6) is 0 Å². The molecule has 2 rings (SSSR count). The van der Waals surface area contributed by atoms with Gasteiger partial charge in [0.05, 0.1) is 5.25 Å². The van der Waals surface area contributed by atoms with Gasteiger partial charge in [0.15, 0.2) is 5.78 Å². The molecule has 0 amide bonds. The van der Waals surface area contributed by atoms with Crippen molar-refractivity contribution in [3.05, 3.63) is 64.7 Å². The summed E-state index contributed by atoms with van der Waals surface area (Å²) in [5.41, 5.74) is 4.52. The Bertz CT molecular complexity index is 614. The molecule has 20 heavy (non-hydrogen) atoms. The molecule has 0 heterocycles. The standard InChI is InChI=1S/C18H20OS/c1-12-5-8-16(9-6-12)18(19)15(4)20-17-10-7-13(2)14(3)11-17/h5-11,15H,1-4H3. The quantitative estimate of drug-likeness (QED) is 0.582. The molecular formula is C18H20OS. The molecule has 0 aliphatic rings. The van der Waals surface area contributed by atoms with E-state index in [4.69, 9.17) is 0 Å². The first-order valence-electron chi connectivity index (χ1n) is 6.82. The summed E-state index contributed by atoms with van der Waals surface area (Å²) in [6, 6.07) is 14.1. The monoisotopic (exact) mass is 284 g/mol. The maximum absolute atomic E-state index is 12.4. The maximum Gasteiger partial charge on any atom is 0.175 e. The summed E-state index contributed by atoms with van der Waals surface area (Å²) in [5, 5.41) is -0.0696. The number of ketones is 1. The van der Waals surface area contributed by atoms with Gasteiger partial charge in [0.1, 0.15) is 0 Å². The minimum Gasteiger partial charge on any atom is -0.293 e. The highest BCUT2D eigenvalue weighted by atomic mass is 32.2. The van der Waals surface area contributed by atoms with E-state index in [0.717, 1.165) is 10.5 Å². The second kappa shape index (κ2) is 6.27. The predicted octanol–water partition coefficient (Wildman–Crippen LogP) is 4.98. The molecule has 0 fully saturated rings. The van der Waals surface area contributed by atoms with Crippen LogP contribution in [-0.2, 0) is 0 Å². The van der Waals surface area contributed by atoms with Crippen LogP contribution in [0.15, 0.2) is 47.4 Å². The first kappa shape index (κ1) is 14.9. The molecule has 0 aromatic heterocycles. The van der Waals surface area contributed by atoms with E-state index < -0.39 is 0 Å². The van der Waals surface area contributed by atoms with E-state index in [2.05, 4.69) is 32.0 Å². The molecule has 0 N–H and O–H groups in total. The Hall–Kier alpha value is -1.54. The average molecular weight is 284 g/mol. The molecule has 0 saturated heterocycles. The number of carbonyl (C=O) groups excluding carboxylic acids is 1. The minimum absolute atomic E-state index is 0.0696. The highest BCUT2D eigenvalue weighted by molar-refractivity contribution is 8.00. The summed E-state index contributed by atoms with van der Waals surface area (Å²) in [7, 11) is 0. The van der Waals surface area contributed by atoms with Crippen molar-refractivity contribution in [3.63, 3.8) is 0 Å². The lowest BCUT2D eigenvalue weighted by Crippen LogP contribution is -2.13. The first-order valence-corrected chi connectivity index (χ1v) is 7.70. The van der Waals surface area contributed by atoms with Crippen LogP contribution in [-0.4, -0.2) is 11.0 Å². The fourth-order valence-corrected chi connectivity index (χ4v) is 3.04. The molecule has 104 valence electrons. The van der Waals surface area contributed by atoms with E-state index in [-0.39, 0.29) is 11.0 Å².